The summed E-state index contributed by atoms with van der Waals surface area (Å²) in [5.74, 6) is -2.28. The van der Waals surface area contributed by atoms with E-state index in [1.807, 2.05) is 0 Å². The molecule has 2 N–H and O–H groups in total. The molecule has 1 atom stereocenters. The predicted molar refractivity (Wildman–Crippen MR) is 108 cm³/mol. The Morgan fingerprint density at radius 1 is 1.10 bits per heavy atom. The topological polar surface area (TPSA) is 92.7 Å². The van der Waals surface area contributed by atoms with Crippen LogP contribution in [0, 0.1) is 17.6 Å². The van der Waals surface area contributed by atoms with E-state index >= 15 is 0 Å². The Labute approximate surface area is 179 Å². The number of halogens is 2. The fourth-order valence-electron chi connectivity index (χ4n) is 4.41. The molecule has 2 aliphatic rings. The maximum atomic E-state index is 13.4. The minimum absolute atomic E-state index is 0.172. The first-order valence-corrected chi connectivity index (χ1v) is 10.6. The van der Waals surface area contributed by atoms with E-state index < -0.39 is 11.6 Å². The van der Waals surface area contributed by atoms with E-state index in [4.69, 9.17) is 10.3 Å². The highest BCUT2D eigenvalue weighted by Crippen LogP contribution is 2.29. The van der Waals surface area contributed by atoms with Crippen molar-refractivity contribution in [3.63, 3.8) is 0 Å². The molecule has 2 saturated heterocycles. The van der Waals surface area contributed by atoms with Gasteiger partial charge in [0.1, 0.15) is 0 Å². The van der Waals surface area contributed by atoms with Crippen LogP contribution in [0.4, 0.5) is 8.78 Å². The van der Waals surface area contributed by atoms with Gasteiger partial charge in [-0.25, -0.2) is 8.78 Å². The average molecular weight is 432 g/mol. The number of benzene rings is 1. The van der Waals surface area contributed by atoms with Gasteiger partial charge in [0.15, 0.2) is 11.6 Å². The van der Waals surface area contributed by atoms with Crippen molar-refractivity contribution in [1.29, 1.82) is 0 Å². The molecular formula is C22H26F2N4O3. The number of hydrogen-bond acceptors (Lipinski definition) is 5. The summed E-state index contributed by atoms with van der Waals surface area (Å²) >= 11 is 0. The normalized spacial score (nSPS) is 20.7. The molecular weight excluding hydrogens is 406 g/mol. The molecule has 0 radical (unpaired) electrons. The molecule has 0 saturated carbocycles. The largest absolute Gasteiger partial charge is 0.369 e. The van der Waals surface area contributed by atoms with E-state index in [2.05, 4.69) is 10.1 Å². The summed E-state index contributed by atoms with van der Waals surface area (Å²) < 4.78 is 31.8. The number of piperidine rings is 2. The molecule has 0 aliphatic carbocycles. The average Bonchev–Trinajstić information content (AvgIpc) is 3.26. The predicted octanol–water partition coefficient (Wildman–Crippen LogP) is 2.67. The molecule has 2 fully saturated rings. The van der Waals surface area contributed by atoms with Gasteiger partial charge >= 0.3 is 0 Å². The fourth-order valence-corrected chi connectivity index (χ4v) is 4.41. The first-order valence-electron chi connectivity index (χ1n) is 10.6. The highest BCUT2D eigenvalue weighted by atomic mass is 19.2. The Morgan fingerprint density at radius 3 is 2.58 bits per heavy atom. The number of carbonyl (C=O) groups excluding carboxylic acids is 2. The molecule has 1 aromatic heterocycles. The van der Waals surface area contributed by atoms with E-state index in [1.54, 1.807) is 17.0 Å². The number of primary amides is 1. The monoisotopic (exact) mass is 432 g/mol. The molecule has 2 amide bonds. The highest BCUT2D eigenvalue weighted by Gasteiger charge is 2.31. The number of hydrogen-bond donors (Lipinski definition) is 1. The van der Waals surface area contributed by atoms with E-state index in [9.17, 15) is 18.4 Å². The van der Waals surface area contributed by atoms with E-state index in [0.717, 1.165) is 49.7 Å². The number of aromatic nitrogens is 1. The van der Waals surface area contributed by atoms with Gasteiger partial charge in [-0.2, -0.15) is 0 Å². The minimum Gasteiger partial charge on any atom is -0.369 e. The van der Waals surface area contributed by atoms with Gasteiger partial charge in [0.2, 0.25) is 11.7 Å². The van der Waals surface area contributed by atoms with Crippen LogP contribution < -0.4 is 5.73 Å². The van der Waals surface area contributed by atoms with E-state index in [-0.39, 0.29) is 29.4 Å². The maximum absolute atomic E-state index is 13.4. The lowest BCUT2D eigenvalue weighted by Gasteiger charge is -2.31. The van der Waals surface area contributed by atoms with Crippen LogP contribution in [0.3, 0.4) is 0 Å². The Balaban J connectivity index is 1.32. The van der Waals surface area contributed by atoms with Gasteiger partial charge in [-0.3, -0.25) is 14.5 Å². The zero-order valence-corrected chi connectivity index (χ0v) is 17.2. The van der Waals surface area contributed by atoms with Crippen LogP contribution in [0.1, 0.15) is 53.4 Å². The zero-order valence-electron chi connectivity index (χ0n) is 17.2. The Kier molecular flexibility index (Phi) is 6.31. The van der Waals surface area contributed by atoms with Crippen LogP contribution in [0.15, 0.2) is 28.8 Å². The van der Waals surface area contributed by atoms with Gasteiger partial charge in [-0.05, 0) is 56.5 Å². The van der Waals surface area contributed by atoms with Crippen molar-refractivity contribution < 1.29 is 22.9 Å². The number of nitrogens with zero attached hydrogens (tertiary/aromatic N) is 3. The number of likely N-dealkylation sites (tertiary alicyclic amines) is 2. The molecule has 7 nitrogen and oxygen atoms in total. The second-order valence-corrected chi connectivity index (χ2v) is 8.41. The maximum Gasteiger partial charge on any atom is 0.292 e. The Hall–Kier alpha value is -2.81. The van der Waals surface area contributed by atoms with Crippen molar-refractivity contribution >= 4 is 11.8 Å². The Bertz CT molecular complexity index is 956. The summed E-state index contributed by atoms with van der Waals surface area (Å²) in [7, 11) is 0. The second-order valence-electron chi connectivity index (χ2n) is 8.41. The standard InChI is InChI=1S/C22H26F2N4O3/c23-17-4-3-14(10-18(17)24)12-27-8-5-15(6-9-27)19-11-20(31-26-19)22(30)28-7-1-2-16(13-28)21(25)29/h3-4,10-11,15-16H,1-2,5-9,12-13H2,(H2,25,29)/t16-/m1/s1. The van der Waals surface area contributed by atoms with Gasteiger partial charge in [0, 0.05) is 31.6 Å². The van der Waals surface area contributed by atoms with Gasteiger partial charge in [0.25, 0.3) is 5.91 Å². The summed E-state index contributed by atoms with van der Waals surface area (Å²) in [5.41, 5.74) is 6.88. The molecule has 4 rings (SSSR count). The van der Waals surface area contributed by atoms with E-state index in [1.165, 1.54) is 6.07 Å². The van der Waals surface area contributed by atoms with Crippen LogP contribution in [-0.4, -0.2) is 52.9 Å². The van der Waals surface area contributed by atoms with Gasteiger partial charge in [0.05, 0.1) is 11.6 Å². The van der Waals surface area contributed by atoms with Crippen LogP contribution in [0.5, 0.6) is 0 Å². The van der Waals surface area contributed by atoms with Gasteiger partial charge in [-0.1, -0.05) is 11.2 Å². The Morgan fingerprint density at radius 2 is 1.87 bits per heavy atom. The molecule has 166 valence electrons. The molecule has 1 aromatic carbocycles. The van der Waals surface area contributed by atoms with Crippen molar-refractivity contribution in [2.75, 3.05) is 26.2 Å². The fraction of sp³-hybridized carbons (Fsp3) is 0.500. The molecule has 31 heavy (non-hydrogen) atoms. The summed E-state index contributed by atoms with van der Waals surface area (Å²) in [5, 5.41) is 4.12. The SMILES string of the molecule is NC(=O)[C@@H]1CCCN(C(=O)c2cc(C3CCN(Cc4ccc(F)c(F)c4)CC3)no2)C1. The second kappa shape index (κ2) is 9.13. The summed E-state index contributed by atoms with van der Waals surface area (Å²) in [6.45, 7) is 3.01. The third-order valence-electron chi connectivity index (χ3n) is 6.25. The zero-order chi connectivity index (χ0) is 22.0. The third kappa shape index (κ3) is 4.92. The molecule has 0 bridgehead atoms. The highest BCUT2D eigenvalue weighted by molar-refractivity contribution is 5.92. The van der Waals surface area contributed by atoms with Gasteiger partial charge in [-0.15, -0.1) is 0 Å². The van der Waals surface area contributed by atoms with Crippen molar-refractivity contribution in [2.45, 2.75) is 38.1 Å². The van der Waals surface area contributed by atoms with Crippen LogP contribution in [-0.2, 0) is 11.3 Å². The molecule has 2 aliphatic heterocycles. The number of carbonyl (C=O) groups is 2. The van der Waals surface area contributed by atoms with Gasteiger partial charge < -0.3 is 15.2 Å². The lowest BCUT2D eigenvalue weighted by molar-refractivity contribution is -0.123. The first kappa shape index (κ1) is 21.4. The molecule has 3 heterocycles. The quantitative estimate of drug-likeness (QED) is 0.784. The van der Waals surface area contributed by atoms with E-state index in [0.29, 0.717) is 26.1 Å². The first-order chi connectivity index (χ1) is 14.9. The number of nitrogens with two attached hydrogens (primary N) is 1. The van der Waals surface area contributed by atoms with Crippen molar-refractivity contribution in [2.24, 2.45) is 11.7 Å². The smallest absolute Gasteiger partial charge is 0.292 e. The van der Waals surface area contributed by atoms with Crippen LogP contribution in [0.2, 0.25) is 0 Å². The molecule has 0 spiro atoms. The molecule has 2 aromatic rings. The number of amides is 2. The van der Waals surface area contributed by atoms with Crippen LogP contribution in [0.25, 0.3) is 0 Å². The van der Waals surface area contributed by atoms with Crippen LogP contribution >= 0.6 is 0 Å². The van der Waals surface area contributed by atoms with Crippen molar-refractivity contribution in [1.82, 2.24) is 15.0 Å². The lowest BCUT2D eigenvalue weighted by atomic mass is 9.93. The molecule has 9 heteroatoms. The van der Waals surface area contributed by atoms with Crippen molar-refractivity contribution in [3.05, 3.63) is 52.9 Å². The summed E-state index contributed by atoms with van der Waals surface area (Å²) in [6.07, 6.45) is 3.09. The number of rotatable bonds is 5. The summed E-state index contributed by atoms with van der Waals surface area (Å²) in [6, 6.07) is 5.69. The summed E-state index contributed by atoms with van der Waals surface area (Å²) in [4.78, 5) is 28.0. The molecule has 0 unspecified atom stereocenters. The minimum atomic E-state index is -0.839. The third-order valence-corrected chi connectivity index (χ3v) is 6.25. The lowest BCUT2D eigenvalue weighted by Crippen LogP contribution is -2.44. The van der Waals surface area contributed by atoms with Crippen molar-refractivity contribution in [3.8, 4) is 0 Å².